The lowest BCUT2D eigenvalue weighted by atomic mass is 10.0. The molecule has 0 aliphatic carbocycles. The van der Waals surface area contributed by atoms with Crippen molar-refractivity contribution in [2.75, 3.05) is 0 Å². The lowest BCUT2D eigenvalue weighted by molar-refractivity contribution is 0.111. The van der Waals surface area contributed by atoms with E-state index in [0.717, 1.165) is 22.4 Å². The van der Waals surface area contributed by atoms with E-state index in [4.69, 9.17) is 0 Å². The van der Waals surface area contributed by atoms with Gasteiger partial charge in [-0.25, -0.2) is 4.68 Å². The number of rotatable bonds is 4. The molecule has 0 radical (unpaired) electrons. The molecule has 0 spiro atoms. The third-order valence-electron chi connectivity index (χ3n) is 3.83. The molecule has 0 saturated carbocycles. The summed E-state index contributed by atoms with van der Waals surface area (Å²) in [5.74, 6) is 0. The van der Waals surface area contributed by atoms with Crippen LogP contribution in [-0.2, 0) is 6.54 Å². The molecule has 2 heterocycles. The Balaban J connectivity index is 1.83. The van der Waals surface area contributed by atoms with E-state index in [1.807, 2.05) is 35.7 Å². The van der Waals surface area contributed by atoms with Crippen molar-refractivity contribution in [3.05, 3.63) is 71.2 Å². The van der Waals surface area contributed by atoms with Gasteiger partial charge in [0.2, 0.25) is 0 Å². The van der Waals surface area contributed by atoms with Gasteiger partial charge in [0.25, 0.3) is 0 Å². The standard InChI is InChI=1S/C18H13N3OS/c22-12-16-18(17-9-4-10-23-17)21(20-19-16)11-14-7-3-6-13-5-1-2-8-15(13)14/h1-10,12H,11H2. The van der Waals surface area contributed by atoms with Crippen molar-refractivity contribution in [1.82, 2.24) is 15.0 Å². The maximum absolute atomic E-state index is 11.3. The Bertz CT molecular complexity index is 968. The third kappa shape index (κ3) is 2.45. The number of carbonyl (C=O) groups is 1. The molecule has 0 aliphatic rings. The summed E-state index contributed by atoms with van der Waals surface area (Å²) >= 11 is 1.58. The molecule has 0 saturated heterocycles. The highest BCUT2D eigenvalue weighted by molar-refractivity contribution is 7.13. The van der Waals surface area contributed by atoms with E-state index in [1.165, 1.54) is 10.8 Å². The van der Waals surface area contributed by atoms with Crippen molar-refractivity contribution in [3.63, 3.8) is 0 Å². The molecule has 2 aromatic heterocycles. The number of benzene rings is 2. The number of nitrogens with zero attached hydrogens (tertiary/aromatic N) is 3. The van der Waals surface area contributed by atoms with Crippen LogP contribution >= 0.6 is 11.3 Å². The number of hydrogen-bond acceptors (Lipinski definition) is 4. The van der Waals surface area contributed by atoms with Gasteiger partial charge in [0.15, 0.2) is 12.0 Å². The van der Waals surface area contributed by atoms with Crippen molar-refractivity contribution in [1.29, 1.82) is 0 Å². The molecule has 0 fully saturated rings. The summed E-state index contributed by atoms with van der Waals surface area (Å²) in [7, 11) is 0. The van der Waals surface area contributed by atoms with E-state index >= 15 is 0 Å². The molecule has 5 heteroatoms. The molecule has 4 nitrogen and oxygen atoms in total. The van der Waals surface area contributed by atoms with Gasteiger partial charge in [-0.2, -0.15) is 0 Å². The highest BCUT2D eigenvalue weighted by atomic mass is 32.1. The molecule has 0 aliphatic heterocycles. The zero-order chi connectivity index (χ0) is 15.6. The normalized spacial score (nSPS) is 11.0. The average molecular weight is 319 g/mol. The first kappa shape index (κ1) is 13.8. The Hall–Kier alpha value is -2.79. The van der Waals surface area contributed by atoms with Gasteiger partial charge < -0.3 is 0 Å². The summed E-state index contributed by atoms with van der Waals surface area (Å²) < 4.78 is 1.80. The number of thiophene rings is 1. The maximum Gasteiger partial charge on any atom is 0.172 e. The van der Waals surface area contributed by atoms with Crippen LogP contribution in [0.4, 0.5) is 0 Å². The van der Waals surface area contributed by atoms with Gasteiger partial charge in [0, 0.05) is 0 Å². The van der Waals surface area contributed by atoms with Crippen LogP contribution in [0.15, 0.2) is 60.0 Å². The largest absolute Gasteiger partial charge is 0.296 e. The summed E-state index contributed by atoms with van der Waals surface area (Å²) in [5, 5.41) is 12.6. The summed E-state index contributed by atoms with van der Waals surface area (Å²) in [6.07, 6.45) is 0.766. The topological polar surface area (TPSA) is 47.8 Å². The van der Waals surface area contributed by atoms with E-state index in [0.29, 0.717) is 12.2 Å². The van der Waals surface area contributed by atoms with Gasteiger partial charge in [0.05, 0.1) is 11.4 Å². The van der Waals surface area contributed by atoms with Gasteiger partial charge in [0.1, 0.15) is 5.69 Å². The van der Waals surface area contributed by atoms with Crippen LogP contribution < -0.4 is 0 Å². The quantitative estimate of drug-likeness (QED) is 0.534. The lowest BCUT2D eigenvalue weighted by Gasteiger charge is -2.09. The second kappa shape index (κ2) is 5.78. The smallest absolute Gasteiger partial charge is 0.172 e. The van der Waals surface area contributed by atoms with E-state index < -0.39 is 0 Å². The number of aldehydes is 1. The Labute approximate surface area is 137 Å². The van der Waals surface area contributed by atoms with Gasteiger partial charge in [-0.3, -0.25) is 4.79 Å². The number of aromatic nitrogens is 3. The molecule has 0 atom stereocenters. The average Bonchev–Trinajstić information content (AvgIpc) is 3.24. The molecule has 112 valence electrons. The maximum atomic E-state index is 11.3. The summed E-state index contributed by atoms with van der Waals surface area (Å²) in [6, 6.07) is 18.4. The molecule has 0 bridgehead atoms. The predicted octanol–water partition coefficient (Wildman–Crippen LogP) is 4.02. The number of fused-ring (bicyclic) bond motifs is 1. The fourth-order valence-corrected chi connectivity index (χ4v) is 3.56. The molecule has 2 aromatic carbocycles. The van der Waals surface area contributed by atoms with Crippen molar-refractivity contribution in [3.8, 4) is 10.6 Å². The second-order valence-electron chi connectivity index (χ2n) is 5.21. The minimum Gasteiger partial charge on any atom is -0.296 e. The van der Waals surface area contributed by atoms with E-state index in [9.17, 15) is 4.79 Å². The van der Waals surface area contributed by atoms with Gasteiger partial charge in [-0.1, -0.05) is 53.7 Å². The molecule has 0 amide bonds. The number of hydrogen-bond donors (Lipinski definition) is 0. The van der Waals surface area contributed by atoms with Crippen LogP contribution in [0.5, 0.6) is 0 Å². The molecule has 0 unspecified atom stereocenters. The fourth-order valence-electron chi connectivity index (χ4n) is 2.77. The summed E-state index contributed by atoms with van der Waals surface area (Å²) in [5.41, 5.74) is 2.32. The zero-order valence-electron chi connectivity index (χ0n) is 12.2. The Morgan fingerprint density at radius 2 is 1.91 bits per heavy atom. The van der Waals surface area contributed by atoms with Crippen molar-refractivity contribution in [2.45, 2.75) is 6.54 Å². The molecule has 23 heavy (non-hydrogen) atoms. The van der Waals surface area contributed by atoms with Crippen LogP contribution in [0.2, 0.25) is 0 Å². The Morgan fingerprint density at radius 1 is 1.04 bits per heavy atom. The van der Waals surface area contributed by atoms with Crippen LogP contribution in [-0.4, -0.2) is 21.3 Å². The monoisotopic (exact) mass is 319 g/mol. The summed E-state index contributed by atoms with van der Waals surface area (Å²) in [4.78, 5) is 12.3. The minimum absolute atomic E-state index is 0.382. The summed E-state index contributed by atoms with van der Waals surface area (Å²) in [6.45, 7) is 0.579. The van der Waals surface area contributed by atoms with Gasteiger partial charge in [-0.15, -0.1) is 16.4 Å². The van der Waals surface area contributed by atoms with Crippen LogP contribution in [0.25, 0.3) is 21.3 Å². The third-order valence-corrected chi connectivity index (χ3v) is 4.70. The lowest BCUT2D eigenvalue weighted by Crippen LogP contribution is -2.04. The predicted molar refractivity (Wildman–Crippen MR) is 91.8 cm³/mol. The zero-order valence-corrected chi connectivity index (χ0v) is 13.0. The van der Waals surface area contributed by atoms with Gasteiger partial charge >= 0.3 is 0 Å². The van der Waals surface area contributed by atoms with Crippen LogP contribution in [0, 0.1) is 0 Å². The van der Waals surface area contributed by atoms with E-state index in [1.54, 1.807) is 16.0 Å². The van der Waals surface area contributed by atoms with Crippen LogP contribution in [0.3, 0.4) is 0 Å². The van der Waals surface area contributed by atoms with Crippen LogP contribution in [0.1, 0.15) is 16.1 Å². The fraction of sp³-hybridized carbons (Fsp3) is 0.0556. The van der Waals surface area contributed by atoms with E-state index in [-0.39, 0.29) is 0 Å². The first-order valence-corrected chi connectivity index (χ1v) is 8.14. The van der Waals surface area contributed by atoms with E-state index in [2.05, 4.69) is 34.6 Å². The SMILES string of the molecule is O=Cc1nnn(Cc2cccc3ccccc23)c1-c1cccs1. The Kier molecular flexibility index (Phi) is 3.48. The molecular weight excluding hydrogens is 306 g/mol. The highest BCUT2D eigenvalue weighted by Gasteiger charge is 2.16. The van der Waals surface area contributed by atoms with Crippen molar-refractivity contribution >= 4 is 28.4 Å². The molecular formula is C18H13N3OS. The minimum atomic E-state index is 0.382. The first-order valence-electron chi connectivity index (χ1n) is 7.26. The first-order chi connectivity index (χ1) is 11.4. The molecule has 4 rings (SSSR count). The number of carbonyl (C=O) groups excluding carboxylic acids is 1. The van der Waals surface area contributed by atoms with Crippen molar-refractivity contribution in [2.24, 2.45) is 0 Å². The Morgan fingerprint density at radius 3 is 2.74 bits per heavy atom. The van der Waals surface area contributed by atoms with Gasteiger partial charge in [-0.05, 0) is 27.8 Å². The highest BCUT2D eigenvalue weighted by Crippen LogP contribution is 2.28. The molecule has 0 N–H and O–H groups in total. The molecule has 4 aromatic rings. The second-order valence-corrected chi connectivity index (χ2v) is 6.16. The van der Waals surface area contributed by atoms with Crippen molar-refractivity contribution < 1.29 is 4.79 Å².